The molecule has 0 aliphatic heterocycles. The van der Waals surface area contributed by atoms with Crippen LogP contribution in [0.25, 0.3) is 0 Å². The van der Waals surface area contributed by atoms with Crippen LogP contribution in [0.2, 0.25) is 0 Å². The Hall–Kier alpha value is -2.57. The van der Waals surface area contributed by atoms with E-state index in [2.05, 4.69) is 48.5 Å². The van der Waals surface area contributed by atoms with Gasteiger partial charge in [-0.15, -0.1) is 23.1 Å². The van der Waals surface area contributed by atoms with Crippen molar-refractivity contribution in [3.63, 3.8) is 0 Å². The van der Waals surface area contributed by atoms with E-state index in [-0.39, 0.29) is 11.9 Å². The summed E-state index contributed by atoms with van der Waals surface area (Å²) in [6.07, 6.45) is 1.37. The molecule has 1 heterocycles. The Kier molecular flexibility index (Phi) is 6.78. The predicted molar refractivity (Wildman–Crippen MR) is 127 cm³/mol. The van der Waals surface area contributed by atoms with Gasteiger partial charge in [-0.25, -0.2) is 4.79 Å². The Labute approximate surface area is 191 Å². The van der Waals surface area contributed by atoms with Gasteiger partial charge in [0.05, 0.1) is 16.5 Å². The van der Waals surface area contributed by atoms with Crippen molar-refractivity contribution in [3.05, 3.63) is 87.3 Å². The fourth-order valence-corrected chi connectivity index (χ4v) is 6.45. The van der Waals surface area contributed by atoms with Crippen molar-refractivity contribution in [1.29, 1.82) is 0 Å². The molecule has 2 aromatic carbocycles. The smallest absolute Gasteiger partial charge is 0.348 e. The van der Waals surface area contributed by atoms with Crippen LogP contribution in [-0.2, 0) is 16.9 Å². The minimum absolute atomic E-state index is 0.161. The number of ether oxygens (including phenoxy) is 1. The molecule has 0 amide bonds. The Morgan fingerprint density at radius 2 is 1.90 bits per heavy atom. The van der Waals surface area contributed by atoms with Crippen LogP contribution in [0, 0.1) is 6.92 Å². The van der Waals surface area contributed by atoms with Crippen molar-refractivity contribution in [2.45, 2.75) is 42.6 Å². The van der Waals surface area contributed by atoms with Gasteiger partial charge in [0.1, 0.15) is 4.88 Å². The van der Waals surface area contributed by atoms with Gasteiger partial charge in [0.15, 0.2) is 0 Å². The molecule has 160 valence electrons. The second-order valence-electron chi connectivity index (χ2n) is 7.63. The highest BCUT2D eigenvalue weighted by molar-refractivity contribution is 8.00. The second-order valence-corrected chi connectivity index (χ2v) is 9.89. The fourth-order valence-electron chi connectivity index (χ4n) is 3.93. The van der Waals surface area contributed by atoms with Gasteiger partial charge in [0.2, 0.25) is 0 Å². The number of nitrogens with zero attached hydrogens (tertiary/aromatic N) is 1. The Morgan fingerprint density at radius 1 is 1.16 bits per heavy atom. The first kappa shape index (κ1) is 21.7. The molecule has 1 unspecified atom stereocenters. The summed E-state index contributed by atoms with van der Waals surface area (Å²) < 4.78 is 6.37. The zero-order valence-electron chi connectivity index (χ0n) is 17.6. The molecule has 1 N–H and O–H groups in total. The van der Waals surface area contributed by atoms with Crippen LogP contribution < -0.4 is 0 Å². The number of benzene rings is 2. The monoisotopic (exact) mass is 451 g/mol. The van der Waals surface area contributed by atoms with E-state index in [1.807, 2.05) is 25.1 Å². The molecule has 0 spiro atoms. The summed E-state index contributed by atoms with van der Waals surface area (Å²) in [7, 11) is 0. The average Bonchev–Trinajstić information content (AvgIpc) is 3.17. The number of oxime groups is 1. The zero-order chi connectivity index (χ0) is 21.8. The van der Waals surface area contributed by atoms with Crippen molar-refractivity contribution in [1.82, 2.24) is 0 Å². The number of esters is 1. The summed E-state index contributed by atoms with van der Waals surface area (Å²) in [5.41, 5.74) is 6.12. The van der Waals surface area contributed by atoms with E-state index < -0.39 is 0 Å². The van der Waals surface area contributed by atoms with Gasteiger partial charge < -0.3 is 9.94 Å². The van der Waals surface area contributed by atoms with Crippen molar-refractivity contribution in [2.24, 2.45) is 5.16 Å². The number of thiophene rings is 1. The number of fused-ring (bicyclic) bond motifs is 1. The summed E-state index contributed by atoms with van der Waals surface area (Å²) >= 11 is 3.14. The third kappa shape index (κ3) is 4.70. The molecular formula is C25H25NO3S2. The topological polar surface area (TPSA) is 58.9 Å². The molecule has 0 fully saturated rings. The number of thioether (sulfide) groups is 1. The lowest BCUT2D eigenvalue weighted by Gasteiger charge is -2.25. The van der Waals surface area contributed by atoms with Crippen molar-refractivity contribution in [3.8, 4) is 0 Å². The van der Waals surface area contributed by atoms with Crippen LogP contribution in [0.4, 0.5) is 0 Å². The van der Waals surface area contributed by atoms with E-state index in [1.54, 1.807) is 11.8 Å². The van der Waals surface area contributed by atoms with E-state index in [0.29, 0.717) is 23.6 Å². The molecule has 31 heavy (non-hydrogen) atoms. The third-order valence-electron chi connectivity index (χ3n) is 5.50. The van der Waals surface area contributed by atoms with Crippen LogP contribution in [0.1, 0.15) is 56.8 Å². The lowest BCUT2D eigenvalue weighted by molar-refractivity contribution is 0.0530. The minimum atomic E-state index is -0.294. The number of carbonyl (C=O) groups is 1. The molecule has 1 aliphatic rings. The second kappa shape index (κ2) is 9.71. The maximum Gasteiger partial charge on any atom is 0.348 e. The number of hydrogen-bond donors (Lipinski definition) is 1. The lowest BCUT2D eigenvalue weighted by Crippen LogP contribution is -2.21. The molecule has 4 rings (SSSR count). The predicted octanol–water partition coefficient (Wildman–Crippen LogP) is 6.43. The first-order valence-electron chi connectivity index (χ1n) is 10.4. The van der Waals surface area contributed by atoms with Gasteiger partial charge in [-0.3, -0.25) is 0 Å². The largest absolute Gasteiger partial charge is 0.462 e. The molecule has 0 radical (unpaired) electrons. The van der Waals surface area contributed by atoms with Crippen molar-refractivity contribution < 1.29 is 14.7 Å². The van der Waals surface area contributed by atoms with Gasteiger partial charge in [-0.2, -0.15) is 0 Å². The molecule has 1 aliphatic carbocycles. The summed E-state index contributed by atoms with van der Waals surface area (Å²) in [6.45, 7) is 4.22. The minimum Gasteiger partial charge on any atom is -0.462 e. The molecular weight excluding hydrogens is 426 g/mol. The first-order chi connectivity index (χ1) is 15.1. The van der Waals surface area contributed by atoms with E-state index in [1.165, 1.54) is 28.0 Å². The number of carbonyl (C=O) groups excluding carboxylic acids is 1. The molecule has 1 aromatic heterocycles. The van der Waals surface area contributed by atoms with E-state index in [4.69, 9.17) is 4.74 Å². The average molecular weight is 452 g/mol. The molecule has 6 heteroatoms. The maximum atomic E-state index is 12.8. The molecule has 0 saturated carbocycles. The number of hydrogen-bond acceptors (Lipinski definition) is 6. The number of rotatable bonds is 6. The van der Waals surface area contributed by atoms with Gasteiger partial charge in [-0.1, -0.05) is 65.3 Å². The Bertz CT molecular complexity index is 1090. The zero-order valence-corrected chi connectivity index (χ0v) is 19.3. The van der Waals surface area contributed by atoms with Crippen LogP contribution in [0.5, 0.6) is 0 Å². The first-order valence-corrected chi connectivity index (χ1v) is 12.2. The highest BCUT2D eigenvalue weighted by Gasteiger charge is 2.34. The lowest BCUT2D eigenvalue weighted by atomic mass is 9.79. The third-order valence-corrected chi connectivity index (χ3v) is 8.05. The summed E-state index contributed by atoms with van der Waals surface area (Å²) in [4.78, 5) is 13.4. The fraction of sp³-hybridized carbons (Fsp3) is 0.280. The Balaban J connectivity index is 1.72. The molecule has 4 nitrogen and oxygen atoms in total. The maximum absolute atomic E-state index is 12.8. The summed E-state index contributed by atoms with van der Waals surface area (Å²) in [5, 5.41) is 13.5. The van der Waals surface area contributed by atoms with Gasteiger partial charge in [0, 0.05) is 17.7 Å². The van der Waals surface area contributed by atoms with Crippen LogP contribution in [-0.4, -0.2) is 23.5 Å². The summed E-state index contributed by atoms with van der Waals surface area (Å²) in [6, 6.07) is 18.7. The SMILES string of the molecule is CCOC(=O)c1sc(SCc2ccccc2)c2c1CC(c1ccc(C)cc1)C/C2=N\O. The van der Waals surface area contributed by atoms with E-state index >= 15 is 0 Å². The van der Waals surface area contributed by atoms with Crippen molar-refractivity contribution in [2.75, 3.05) is 6.61 Å². The highest BCUT2D eigenvalue weighted by Crippen LogP contribution is 2.45. The normalized spacial score (nSPS) is 16.8. The van der Waals surface area contributed by atoms with Gasteiger partial charge in [0.25, 0.3) is 0 Å². The van der Waals surface area contributed by atoms with E-state index in [0.717, 1.165) is 27.5 Å². The standard InChI is InChI=1S/C25H25NO3S2/c1-3-29-24(27)23-20-13-19(18-11-9-16(2)10-12-18)14-21(26-28)22(20)25(31-23)30-15-17-7-5-4-6-8-17/h4-12,19,28H,3,13-15H2,1-2H3/b26-21+. The molecule has 3 aromatic rings. The summed E-state index contributed by atoms with van der Waals surface area (Å²) in [5.74, 6) is 0.654. The van der Waals surface area contributed by atoms with Gasteiger partial charge in [-0.05, 0) is 42.9 Å². The molecule has 1 atom stereocenters. The van der Waals surface area contributed by atoms with Crippen LogP contribution in [0.15, 0.2) is 64.0 Å². The van der Waals surface area contributed by atoms with Gasteiger partial charge >= 0.3 is 5.97 Å². The van der Waals surface area contributed by atoms with E-state index in [9.17, 15) is 10.0 Å². The highest BCUT2D eigenvalue weighted by atomic mass is 32.2. The quantitative estimate of drug-likeness (QED) is 0.203. The van der Waals surface area contributed by atoms with Crippen LogP contribution >= 0.6 is 23.1 Å². The van der Waals surface area contributed by atoms with Crippen LogP contribution in [0.3, 0.4) is 0 Å². The molecule has 0 bridgehead atoms. The van der Waals surface area contributed by atoms with Crippen molar-refractivity contribution >= 4 is 34.8 Å². The number of aryl methyl sites for hydroxylation is 1. The Morgan fingerprint density at radius 3 is 2.58 bits per heavy atom. The molecule has 0 saturated heterocycles.